The number of unbranched alkanes of at least 4 members (excludes halogenated alkanes) is 21. The van der Waals surface area contributed by atoms with Crippen molar-refractivity contribution in [3.05, 3.63) is 122 Å². The van der Waals surface area contributed by atoms with Gasteiger partial charge in [0.05, 0.1) is 0 Å². The SMILES string of the molecule is CC/C=C\C/C=C\C/C=C\C/C=C\C/C=C\C/C=C\CCCCCCC(=O)OCC(COC(=O)CCCCCCC/C=C\C/C=C\C/C=C\CC)OC(=O)CCCCCCC/C=C\CCCCCCCCC. The van der Waals surface area contributed by atoms with E-state index in [9.17, 15) is 14.4 Å². The zero-order valence-electron chi connectivity index (χ0n) is 46.7. The smallest absolute Gasteiger partial charge is 0.306 e. The van der Waals surface area contributed by atoms with Crippen LogP contribution in [0.3, 0.4) is 0 Å². The van der Waals surface area contributed by atoms with Gasteiger partial charge in [-0.1, -0.05) is 232 Å². The van der Waals surface area contributed by atoms with Crippen molar-refractivity contribution in [2.24, 2.45) is 0 Å². The minimum Gasteiger partial charge on any atom is -0.462 e. The van der Waals surface area contributed by atoms with E-state index in [1.165, 1.54) is 57.8 Å². The van der Waals surface area contributed by atoms with Crippen LogP contribution in [0.1, 0.15) is 258 Å². The lowest BCUT2D eigenvalue weighted by Crippen LogP contribution is -2.30. The zero-order valence-corrected chi connectivity index (χ0v) is 46.7. The van der Waals surface area contributed by atoms with Crippen LogP contribution in [0, 0.1) is 0 Å². The summed E-state index contributed by atoms with van der Waals surface area (Å²) in [6.45, 7) is 6.37. The lowest BCUT2D eigenvalue weighted by atomic mass is 10.1. The molecule has 0 aromatic rings. The van der Waals surface area contributed by atoms with E-state index in [2.05, 4.69) is 142 Å². The molecule has 0 aliphatic heterocycles. The Morgan fingerprint density at radius 2 is 0.542 bits per heavy atom. The summed E-state index contributed by atoms with van der Waals surface area (Å²) in [7, 11) is 0. The Labute approximate surface area is 443 Å². The quantitative estimate of drug-likeness (QED) is 0.0261. The highest BCUT2D eigenvalue weighted by molar-refractivity contribution is 5.71. The maximum Gasteiger partial charge on any atom is 0.306 e. The third-order valence-corrected chi connectivity index (χ3v) is 12.2. The van der Waals surface area contributed by atoms with E-state index in [1.807, 2.05) is 0 Å². The Morgan fingerprint density at radius 3 is 0.861 bits per heavy atom. The van der Waals surface area contributed by atoms with Crippen molar-refractivity contribution < 1.29 is 28.6 Å². The van der Waals surface area contributed by atoms with Crippen LogP contribution in [0.5, 0.6) is 0 Å². The van der Waals surface area contributed by atoms with Crippen molar-refractivity contribution in [2.45, 2.75) is 264 Å². The molecular formula is C66H108O6. The number of carbonyl (C=O) groups is 3. The van der Waals surface area contributed by atoms with Crippen molar-refractivity contribution in [3.8, 4) is 0 Å². The molecule has 0 heterocycles. The third kappa shape index (κ3) is 56.7. The van der Waals surface area contributed by atoms with Crippen LogP contribution in [-0.4, -0.2) is 37.2 Å². The van der Waals surface area contributed by atoms with Gasteiger partial charge in [0, 0.05) is 19.3 Å². The van der Waals surface area contributed by atoms with E-state index in [0.29, 0.717) is 19.3 Å². The van der Waals surface area contributed by atoms with Gasteiger partial charge in [-0.15, -0.1) is 0 Å². The topological polar surface area (TPSA) is 78.9 Å². The molecule has 0 aliphatic rings. The van der Waals surface area contributed by atoms with Crippen LogP contribution >= 0.6 is 0 Å². The minimum absolute atomic E-state index is 0.101. The first-order chi connectivity index (χ1) is 35.5. The van der Waals surface area contributed by atoms with Gasteiger partial charge >= 0.3 is 17.9 Å². The van der Waals surface area contributed by atoms with Gasteiger partial charge < -0.3 is 14.2 Å². The fourth-order valence-corrected chi connectivity index (χ4v) is 7.81. The molecule has 0 N–H and O–H groups in total. The van der Waals surface area contributed by atoms with Gasteiger partial charge in [0.2, 0.25) is 0 Å². The average Bonchev–Trinajstić information content (AvgIpc) is 3.38. The Hall–Kier alpha value is -4.19. The van der Waals surface area contributed by atoms with Gasteiger partial charge in [0.15, 0.2) is 6.10 Å². The van der Waals surface area contributed by atoms with Crippen molar-refractivity contribution >= 4 is 17.9 Å². The van der Waals surface area contributed by atoms with E-state index in [0.717, 1.165) is 161 Å². The van der Waals surface area contributed by atoms with Gasteiger partial charge in [-0.05, 0) is 128 Å². The van der Waals surface area contributed by atoms with Gasteiger partial charge in [-0.3, -0.25) is 14.4 Å². The molecule has 0 radical (unpaired) electrons. The van der Waals surface area contributed by atoms with Gasteiger partial charge in [0.25, 0.3) is 0 Å². The van der Waals surface area contributed by atoms with E-state index in [-0.39, 0.29) is 31.1 Å². The van der Waals surface area contributed by atoms with Crippen LogP contribution in [0.2, 0.25) is 0 Å². The predicted molar refractivity (Wildman–Crippen MR) is 311 cm³/mol. The molecule has 0 bridgehead atoms. The fraction of sp³-hybridized carbons (Fsp3) is 0.652. The molecule has 6 heteroatoms. The lowest BCUT2D eigenvalue weighted by molar-refractivity contribution is -0.167. The summed E-state index contributed by atoms with van der Waals surface area (Å²) in [6, 6.07) is 0. The van der Waals surface area contributed by atoms with Gasteiger partial charge in [-0.2, -0.15) is 0 Å². The van der Waals surface area contributed by atoms with Crippen LogP contribution in [0.25, 0.3) is 0 Å². The van der Waals surface area contributed by atoms with Crippen LogP contribution < -0.4 is 0 Å². The molecule has 0 fully saturated rings. The Morgan fingerprint density at radius 1 is 0.292 bits per heavy atom. The first kappa shape index (κ1) is 67.8. The van der Waals surface area contributed by atoms with Crippen LogP contribution in [0.4, 0.5) is 0 Å². The number of rotatable bonds is 52. The largest absolute Gasteiger partial charge is 0.462 e. The average molecular weight is 998 g/mol. The second kappa shape index (κ2) is 59.4. The van der Waals surface area contributed by atoms with Crippen molar-refractivity contribution in [3.63, 3.8) is 0 Å². The second-order valence-corrected chi connectivity index (χ2v) is 19.1. The molecule has 0 aliphatic carbocycles. The van der Waals surface area contributed by atoms with Crippen LogP contribution in [-0.2, 0) is 28.6 Å². The third-order valence-electron chi connectivity index (χ3n) is 12.2. The summed E-state index contributed by atoms with van der Waals surface area (Å²) in [4.78, 5) is 38.2. The summed E-state index contributed by atoms with van der Waals surface area (Å²) < 4.78 is 16.8. The molecular weight excluding hydrogens is 889 g/mol. The minimum atomic E-state index is -0.805. The van der Waals surface area contributed by atoms with Gasteiger partial charge in [-0.25, -0.2) is 0 Å². The summed E-state index contributed by atoms with van der Waals surface area (Å²) >= 11 is 0. The molecule has 0 aromatic carbocycles. The van der Waals surface area contributed by atoms with E-state index in [4.69, 9.17) is 14.2 Å². The highest BCUT2D eigenvalue weighted by atomic mass is 16.6. The number of carbonyl (C=O) groups excluding carboxylic acids is 3. The maximum absolute atomic E-state index is 12.9. The van der Waals surface area contributed by atoms with Crippen molar-refractivity contribution in [1.82, 2.24) is 0 Å². The molecule has 408 valence electrons. The Kier molecular flexibility index (Phi) is 55.9. The standard InChI is InChI=1S/C66H108O6/c1-4-7-10-13-16-19-22-25-28-30-31-32-33-34-35-36-39-41-44-47-50-53-56-59-65(68)71-62-63(61-70-64(67)58-55-52-49-46-43-40-37-27-24-21-18-15-12-9-6-3)72-66(69)60-57-54-51-48-45-42-38-29-26-23-20-17-14-11-8-5-2/h7,9-10,12,16,18-19,21,25,27-29,31-32,34-35,37-39,41,63H,4-6,8,11,13-15,17,20,22-24,26,30,33,36,40,42-62H2,1-3H3/b10-7-,12-9-,19-16-,21-18-,28-25-,32-31-,35-34-,37-27-,38-29-,41-39-. The van der Waals surface area contributed by atoms with Crippen molar-refractivity contribution in [2.75, 3.05) is 13.2 Å². The summed E-state index contributed by atoms with van der Waals surface area (Å²) in [5, 5.41) is 0. The summed E-state index contributed by atoms with van der Waals surface area (Å²) in [6.07, 6.45) is 81.9. The predicted octanol–water partition coefficient (Wildman–Crippen LogP) is 20.0. The molecule has 6 nitrogen and oxygen atoms in total. The first-order valence-electron chi connectivity index (χ1n) is 29.5. The molecule has 1 atom stereocenters. The number of hydrogen-bond donors (Lipinski definition) is 0. The van der Waals surface area contributed by atoms with Crippen molar-refractivity contribution in [1.29, 1.82) is 0 Å². The number of hydrogen-bond acceptors (Lipinski definition) is 6. The molecule has 72 heavy (non-hydrogen) atoms. The fourth-order valence-electron chi connectivity index (χ4n) is 7.81. The van der Waals surface area contributed by atoms with E-state index >= 15 is 0 Å². The molecule has 0 rings (SSSR count). The highest BCUT2D eigenvalue weighted by Gasteiger charge is 2.19. The highest BCUT2D eigenvalue weighted by Crippen LogP contribution is 2.14. The molecule has 1 unspecified atom stereocenters. The summed E-state index contributed by atoms with van der Waals surface area (Å²) in [5.41, 5.74) is 0. The Bertz CT molecular complexity index is 1520. The second-order valence-electron chi connectivity index (χ2n) is 19.1. The number of allylic oxidation sites excluding steroid dienone is 20. The molecule has 0 spiro atoms. The summed E-state index contributed by atoms with van der Waals surface area (Å²) in [5.74, 6) is -0.951. The van der Waals surface area contributed by atoms with E-state index < -0.39 is 6.10 Å². The lowest BCUT2D eigenvalue weighted by Gasteiger charge is -2.18. The molecule has 0 saturated heterocycles. The molecule has 0 saturated carbocycles. The number of ether oxygens (including phenoxy) is 3. The monoisotopic (exact) mass is 997 g/mol. The maximum atomic E-state index is 12.9. The van der Waals surface area contributed by atoms with Crippen LogP contribution in [0.15, 0.2) is 122 Å². The molecule has 0 amide bonds. The Balaban J connectivity index is 4.47. The normalized spacial score (nSPS) is 13.0. The molecule has 0 aromatic heterocycles. The zero-order chi connectivity index (χ0) is 52.2. The number of esters is 3. The van der Waals surface area contributed by atoms with E-state index in [1.54, 1.807) is 0 Å². The van der Waals surface area contributed by atoms with Gasteiger partial charge in [0.1, 0.15) is 13.2 Å². The first-order valence-corrected chi connectivity index (χ1v) is 29.5.